The van der Waals surface area contributed by atoms with Crippen LogP contribution >= 0.6 is 0 Å². The summed E-state index contributed by atoms with van der Waals surface area (Å²) in [4.78, 5) is 2.63. The summed E-state index contributed by atoms with van der Waals surface area (Å²) in [6.45, 7) is 18.5. The number of nitrogens with one attached hydrogen (secondary N) is 1. The minimum atomic E-state index is 0.421. The van der Waals surface area contributed by atoms with Gasteiger partial charge in [-0.05, 0) is 38.3 Å². The van der Waals surface area contributed by atoms with Crippen molar-refractivity contribution in [2.45, 2.75) is 66.8 Å². The van der Waals surface area contributed by atoms with Gasteiger partial charge in [-0.3, -0.25) is 0 Å². The monoisotopic (exact) mass is 242 g/mol. The molecule has 0 radical (unpaired) electrons. The van der Waals surface area contributed by atoms with Gasteiger partial charge in [0.2, 0.25) is 0 Å². The van der Waals surface area contributed by atoms with Crippen LogP contribution in [0.25, 0.3) is 0 Å². The topological polar surface area (TPSA) is 15.3 Å². The van der Waals surface area contributed by atoms with Gasteiger partial charge in [-0.1, -0.05) is 41.0 Å². The van der Waals surface area contributed by atoms with Crippen LogP contribution in [0.2, 0.25) is 0 Å². The molecule has 0 aromatic carbocycles. The van der Waals surface area contributed by atoms with Crippen LogP contribution in [-0.4, -0.2) is 37.1 Å². The smallest absolute Gasteiger partial charge is 0.00644 e. The molecular formula is C15H34N2. The van der Waals surface area contributed by atoms with E-state index in [-0.39, 0.29) is 0 Å². The summed E-state index contributed by atoms with van der Waals surface area (Å²) in [7, 11) is 0. The Balaban J connectivity index is 4.47. The van der Waals surface area contributed by atoms with Crippen LogP contribution in [0.15, 0.2) is 0 Å². The van der Waals surface area contributed by atoms with Crippen LogP contribution in [0.1, 0.15) is 60.8 Å². The fourth-order valence-electron chi connectivity index (χ4n) is 2.58. The summed E-state index contributed by atoms with van der Waals surface area (Å²) in [5.41, 5.74) is 0.421. The Bertz CT molecular complexity index is 182. The van der Waals surface area contributed by atoms with Crippen LogP contribution in [0.3, 0.4) is 0 Å². The highest BCUT2D eigenvalue weighted by molar-refractivity contribution is 4.82. The standard InChI is InChI=1S/C15H34N2/c1-7-11-15(6,12-16-9-3)13-17(10-4)14(5)8-2/h14,16H,7-13H2,1-6H3. The summed E-state index contributed by atoms with van der Waals surface area (Å²) in [5.74, 6) is 0. The van der Waals surface area contributed by atoms with E-state index in [1.54, 1.807) is 0 Å². The molecule has 0 saturated carbocycles. The number of hydrogen-bond acceptors (Lipinski definition) is 2. The zero-order chi connectivity index (χ0) is 13.3. The maximum atomic E-state index is 3.53. The summed E-state index contributed by atoms with van der Waals surface area (Å²) >= 11 is 0. The van der Waals surface area contributed by atoms with E-state index < -0.39 is 0 Å². The molecule has 0 aromatic heterocycles. The van der Waals surface area contributed by atoms with E-state index in [1.165, 1.54) is 32.4 Å². The van der Waals surface area contributed by atoms with Gasteiger partial charge in [0.15, 0.2) is 0 Å². The maximum Gasteiger partial charge on any atom is 0.00644 e. The van der Waals surface area contributed by atoms with Gasteiger partial charge in [0.25, 0.3) is 0 Å². The third-order valence-electron chi connectivity index (χ3n) is 3.86. The van der Waals surface area contributed by atoms with E-state index in [9.17, 15) is 0 Å². The van der Waals surface area contributed by atoms with E-state index in [1.807, 2.05) is 0 Å². The van der Waals surface area contributed by atoms with Gasteiger partial charge in [-0.15, -0.1) is 0 Å². The lowest BCUT2D eigenvalue weighted by Crippen LogP contribution is -2.45. The van der Waals surface area contributed by atoms with E-state index >= 15 is 0 Å². The SMILES string of the molecule is CCCC(C)(CNCC)CN(CC)C(C)CC. The molecular weight excluding hydrogens is 208 g/mol. The van der Waals surface area contributed by atoms with Gasteiger partial charge in [0, 0.05) is 19.1 Å². The fourth-order valence-corrected chi connectivity index (χ4v) is 2.58. The molecule has 0 aliphatic rings. The van der Waals surface area contributed by atoms with Crippen LogP contribution in [0, 0.1) is 5.41 Å². The Morgan fingerprint density at radius 2 is 1.82 bits per heavy atom. The average molecular weight is 242 g/mol. The molecule has 0 saturated heterocycles. The Labute approximate surface area is 109 Å². The second-order valence-electron chi connectivity index (χ2n) is 5.66. The first-order valence-corrected chi connectivity index (χ1v) is 7.47. The van der Waals surface area contributed by atoms with Gasteiger partial charge < -0.3 is 10.2 Å². The molecule has 2 atom stereocenters. The molecule has 0 fully saturated rings. The van der Waals surface area contributed by atoms with Gasteiger partial charge >= 0.3 is 0 Å². The van der Waals surface area contributed by atoms with Crippen molar-refractivity contribution in [3.63, 3.8) is 0 Å². The van der Waals surface area contributed by atoms with Crippen molar-refractivity contribution in [3.8, 4) is 0 Å². The Morgan fingerprint density at radius 1 is 1.18 bits per heavy atom. The second kappa shape index (κ2) is 8.93. The first-order valence-electron chi connectivity index (χ1n) is 7.47. The molecule has 0 spiro atoms. The lowest BCUT2D eigenvalue weighted by Gasteiger charge is -2.38. The van der Waals surface area contributed by atoms with E-state index in [2.05, 4.69) is 51.8 Å². The molecule has 0 aliphatic heterocycles. The van der Waals surface area contributed by atoms with E-state index in [0.717, 1.165) is 13.1 Å². The zero-order valence-electron chi connectivity index (χ0n) is 13.0. The third kappa shape index (κ3) is 6.42. The van der Waals surface area contributed by atoms with E-state index in [0.29, 0.717) is 11.5 Å². The van der Waals surface area contributed by atoms with Gasteiger partial charge in [-0.2, -0.15) is 0 Å². The largest absolute Gasteiger partial charge is 0.316 e. The summed E-state index contributed by atoms with van der Waals surface area (Å²) < 4.78 is 0. The molecule has 2 nitrogen and oxygen atoms in total. The van der Waals surface area contributed by atoms with Crippen molar-refractivity contribution in [1.82, 2.24) is 10.2 Å². The van der Waals surface area contributed by atoms with Crippen LogP contribution in [0.5, 0.6) is 0 Å². The molecule has 0 aromatic rings. The van der Waals surface area contributed by atoms with Crippen molar-refractivity contribution in [1.29, 1.82) is 0 Å². The van der Waals surface area contributed by atoms with Crippen molar-refractivity contribution < 1.29 is 0 Å². The normalized spacial score (nSPS) is 17.1. The minimum absolute atomic E-state index is 0.421. The summed E-state index contributed by atoms with van der Waals surface area (Å²) in [5, 5.41) is 3.53. The minimum Gasteiger partial charge on any atom is -0.316 e. The molecule has 0 heterocycles. The maximum absolute atomic E-state index is 3.53. The van der Waals surface area contributed by atoms with Crippen LogP contribution in [0.4, 0.5) is 0 Å². The highest BCUT2D eigenvalue weighted by Gasteiger charge is 2.26. The number of nitrogens with zero attached hydrogens (tertiary/aromatic N) is 1. The Morgan fingerprint density at radius 3 is 2.24 bits per heavy atom. The fraction of sp³-hybridized carbons (Fsp3) is 1.00. The van der Waals surface area contributed by atoms with Crippen molar-refractivity contribution in [2.24, 2.45) is 5.41 Å². The zero-order valence-corrected chi connectivity index (χ0v) is 13.0. The number of hydrogen-bond donors (Lipinski definition) is 1. The quantitative estimate of drug-likeness (QED) is 0.630. The molecule has 17 heavy (non-hydrogen) atoms. The molecule has 2 heteroatoms. The summed E-state index contributed by atoms with van der Waals surface area (Å²) in [6.07, 6.45) is 3.84. The highest BCUT2D eigenvalue weighted by atomic mass is 15.2. The molecule has 1 N–H and O–H groups in total. The van der Waals surface area contributed by atoms with Gasteiger partial charge in [0.05, 0.1) is 0 Å². The van der Waals surface area contributed by atoms with Crippen LogP contribution in [-0.2, 0) is 0 Å². The van der Waals surface area contributed by atoms with Crippen molar-refractivity contribution >= 4 is 0 Å². The molecule has 0 amide bonds. The first-order chi connectivity index (χ1) is 8.02. The van der Waals surface area contributed by atoms with Gasteiger partial charge in [-0.25, -0.2) is 0 Å². The third-order valence-corrected chi connectivity index (χ3v) is 3.86. The molecule has 104 valence electrons. The van der Waals surface area contributed by atoms with E-state index in [4.69, 9.17) is 0 Å². The van der Waals surface area contributed by atoms with Crippen molar-refractivity contribution in [2.75, 3.05) is 26.2 Å². The first kappa shape index (κ1) is 16.9. The lowest BCUT2D eigenvalue weighted by molar-refractivity contribution is 0.119. The average Bonchev–Trinajstić information content (AvgIpc) is 2.33. The highest BCUT2D eigenvalue weighted by Crippen LogP contribution is 2.25. The Hall–Kier alpha value is -0.0800. The van der Waals surface area contributed by atoms with Crippen LogP contribution < -0.4 is 5.32 Å². The lowest BCUT2D eigenvalue weighted by atomic mass is 9.84. The van der Waals surface area contributed by atoms with Crippen molar-refractivity contribution in [3.05, 3.63) is 0 Å². The Kier molecular flexibility index (Phi) is 8.89. The molecule has 0 rings (SSSR count). The predicted octanol–water partition coefficient (Wildman–Crippen LogP) is 3.52. The molecule has 0 bridgehead atoms. The molecule has 2 unspecified atom stereocenters. The van der Waals surface area contributed by atoms with Gasteiger partial charge in [0.1, 0.15) is 0 Å². The predicted molar refractivity (Wildman–Crippen MR) is 78.6 cm³/mol. The molecule has 0 aliphatic carbocycles. The number of rotatable bonds is 10. The second-order valence-corrected chi connectivity index (χ2v) is 5.66. The summed E-state index contributed by atoms with van der Waals surface area (Å²) in [6, 6.07) is 0.706.